The second-order valence-electron chi connectivity index (χ2n) is 8.72. The summed E-state index contributed by atoms with van der Waals surface area (Å²) in [4.78, 5) is 14.5. The highest BCUT2D eigenvalue weighted by atomic mass is 16.6. The fraction of sp³-hybridized carbons (Fsp3) is 0.696. The van der Waals surface area contributed by atoms with E-state index in [4.69, 9.17) is 15.2 Å². The molecule has 0 radical (unpaired) electrons. The molecule has 0 aromatic heterocycles. The molecule has 2 N–H and O–H groups in total. The largest absolute Gasteiger partial charge is 0.445 e. The van der Waals surface area contributed by atoms with Crippen molar-refractivity contribution < 1.29 is 14.3 Å². The molecule has 3 rings (SSSR count). The van der Waals surface area contributed by atoms with Gasteiger partial charge in [0.2, 0.25) is 0 Å². The van der Waals surface area contributed by atoms with E-state index in [2.05, 4.69) is 13.8 Å². The van der Waals surface area contributed by atoms with Crippen LogP contribution in [0.4, 0.5) is 4.79 Å². The SMILES string of the molecule is CC(C)C1CCC(OC[C@H]2C(N)CCCN2C(=O)OCc2ccccc2)CC1. The number of hydrogen-bond donors (Lipinski definition) is 1. The Hall–Kier alpha value is -1.59. The lowest BCUT2D eigenvalue weighted by molar-refractivity contribution is -0.0312. The van der Waals surface area contributed by atoms with E-state index in [1.807, 2.05) is 30.3 Å². The summed E-state index contributed by atoms with van der Waals surface area (Å²) in [5.41, 5.74) is 7.35. The quantitative estimate of drug-likeness (QED) is 0.787. The lowest BCUT2D eigenvalue weighted by Gasteiger charge is -2.40. The molecule has 1 amide bonds. The van der Waals surface area contributed by atoms with Gasteiger partial charge in [-0.15, -0.1) is 0 Å². The number of piperidine rings is 1. The smallest absolute Gasteiger partial charge is 0.410 e. The number of nitrogens with zero attached hydrogens (tertiary/aromatic N) is 1. The van der Waals surface area contributed by atoms with E-state index in [1.165, 1.54) is 12.8 Å². The highest BCUT2D eigenvalue weighted by Crippen LogP contribution is 2.31. The predicted octanol–water partition coefficient (Wildman–Crippen LogP) is 4.35. The van der Waals surface area contributed by atoms with Crippen LogP contribution in [0, 0.1) is 11.8 Å². The van der Waals surface area contributed by atoms with Crippen LogP contribution in [0.3, 0.4) is 0 Å². The molecular weight excluding hydrogens is 352 g/mol. The molecule has 0 spiro atoms. The van der Waals surface area contributed by atoms with Crippen LogP contribution in [0.2, 0.25) is 0 Å². The number of likely N-dealkylation sites (tertiary alicyclic amines) is 1. The third kappa shape index (κ3) is 5.71. The topological polar surface area (TPSA) is 64.8 Å². The minimum Gasteiger partial charge on any atom is -0.445 e. The maximum absolute atomic E-state index is 12.7. The van der Waals surface area contributed by atoms with Gasteiger partial charge in [-0.25, -0.2) is 4.79 Å². The fourth-order valence-corrected chi connectivity index (χ4v) is 4.49. The predicted molar refractivity (Wildman–Crippen MR) is 111 cm³/mol. The zero-order valence-electron chi connectivity index (χ0n) is 17.4. The molecule has 1 saturated carbocycles. The number of carbonyl (C=O) groups excluding carboxylic acids is 1. The summed E-state index contributed by atoms with van der Waals surface area (Å²) in [5.74, 6) is 1.57. The molecule has 2 fully saturated rings. The van der Waals surface area contributed by atoms with Crippen LogP contribution in [-0.2, 0) is 16.1 Å². The van der Waals surface area contributed by atoms with Gasteiger partial charge in [0.05, 0.1) is 18.8 Å². The summed E-state index contributed by atoms with van der Waals surface area (Å²) in [5, 5.41) is 0. The van der Waals surface area contributed by atoms with Crippen LogP contribution in [0.15, 0.2) is 30.3 Å². The Morgan fingerprint density at radius 1 is 1.14 bits per heavy atom. The molecule has 1 aromatic carbocycles. The van der Waals surface area contributed by atoms with Crippen molar-refractivity contribution in [2.24, 2.45) is 17.6 Å². The lowest BCUT2D eigenvalue weighted by Crippen LogP contribution is -2.56. The molecule has 2 aliphatic rings. The average Bonchev–Trinajstić information content (AvgIpc) is 2.72. The normalized spacial score (nSPS) is 28.4. The number of carbonyl (C=O) groups is 1. The van der Waals surface area contributed by atoms with E-state index in [0.29, 0.717) is 19.3 Å². The van der Waals surface area contributed by atoms with Gasteiger partial charge < -0.3 is 20.1 Å². The summed E-state index contributed by atoms with van der Waals surface area (Å²) >= 11 is 0. The Morgan fingerprint density at radius 3 is 2.54 bits per heavy atom. The van der Waals surface area contributed by atoms with Crippen LogP contribution >= 0.6 is 0 Å². The molecule has 28 heavy (non-hydrogen) atoms. The standard InChI is InChI=1S/C23H36N2O3/c1-17(2)19-10-12-20(13-11-19)27-16-22-21(24)9-6-14-25(22)23(26)28-15-18-7-4-3-5-8-18/h3-5,7-8,17,19-22H,6,9-16,24H2,1-2H3/t19?,20?,21?,22-/m0/s1. The molecular formula is C23H36N2O3. The first-order valence-electron chi connectivity index (χ1n) is 10.9. The van der Waals surface area contributed by atoms with Crippen molar-refractivity contribution in [1.29, 1.82) is 0 Å². The molecule has 1 heterocycles. The van der Waals surface area contributed by atoms with Crippen molar-refractivity contribution in [1.82, 2.24) is 4.90 Å². The molecule has 5 nitrogen and oxygen atoms in total. The van der Waals surface area contributed by atoms with Crippen molar-refractivity contribution in [3.05, 3.63) is 35.9 Å². The molecule has 156 valence electrons. The van der Waals surface area contributed by atoms with E-state index in [9.17, 15) is 4.79 Å². The summed E-state index contributed by atoms with van der Waals surface area (Å²) in [7, 11) is 0. The van der Waals surface area contributed by atoms with Crippen LogP contribution < -0.4 is 5.73 Å². The van der Waals surface area contributed by atoms with Crippen molar-refractivity contribution in [3.8, 4) is 0 Å². The maximum Gasteiger partial charge on any atom is 0.410 e. The van der Waals surface area contributed by atoms with Crippen molar-refractivity contribution in [3.63, 3.8) is 0 Å². The molecule has 2 atom stereocenters. The van der Waals surface area contributed by atoms with Gasteiger partial charge in [-0.05, 0) is 55.9 Å². The number of benzene rings is 1. The Labute approximate surface area is 169 Å². The molecule has 1 aliphatic carbocycles. The molecule has 0 bridgehead atoms. The Kier molecular flexibility index (Phi) is 7.74. The van der Waals surface area contributed by atoms with Crippen LogP contribution in [0.1, 0.15) is 57.9 Å². The molecule has 1 saturated heterocycles. The van der Waals surface area contributed by atoms with Gasteiger partial charge in [-0.1, -0.05) is 44.2 Å². The van der Waals surface area contributed by atoms with E-state index < -0.39 is 0 Å². The Bertz CT molecular complexity index is 599. The minimum atomic E-state index is -0.281. The first-order chi connectivity index (χ1) is 13.5. The van der Waals surface area contributed by atoms with Gasteiger partial charge in [0.25, 0.3) is 0 Å². The van der Waals surface area contributed by atoms with E-state index in [1.54, 1.807) is 4.90 Å². The third-order valence-corrected chi connectivity index (χ3v) is 6.44. The summed E-state index contributed by atoms with van der Waals surface area (Å²) in [6.07, 6.45) is 6.56. The molecule has 5 heteroatoms. The van der Waals surface area contributed by atoms with E-state index in [0.717, 1.165) is 43.1 Å². The molecule has 1 aromatic rings. The zero-order valence-corrected chi connectivity index (χ0v) is 17.4. The summed E-state index contributed by atoms with van der Waals surface area (Å²) < 4.78 is 11.8. The van der Waals surface area contributed by atoms with Crippen molar-refractivity contribution in [2.45, 2.75) is 77.2 Å². The van der Waals surface area contributed by atoms with E-state index >= 15 is 0 Å². The average molecular weight is 389 g/mol. The highest BCUT2D eigenvalue weighted by molar-refractivity contribution is 5.68. The second-order valence-corrected chi connectivity index (χ2v) is 8.72. The molecule has 1 unspecified atom stereocenters. The van der Waals surface area contributed by atoms with Crippen LogP contribution in [0.5, 0.6) is 0 Å². The highest BCUT2D eigenvalue weighted by Gasteiger charge is 2.34. The number of hydrogen-bond acceptors (Lipinski definition) is 4. The van der Waals surface area contributed by atoms with Crippen LogP contribution in [-0.4, -0.2) is 42.3 Å². The monoisotopic (exact) mass is 388 g/mol. The van der Waals surface area contributed by atoms with Crippen molar-refractivity contribution in [2.75, 3.05) is 13.2 Å². The van der Waals surface area contributed by atoms with Gasteiger partial charge in [0.15, 0.2) is 0 Å². The zero-order chi connectivity index (χ0) is 19.9. The van der Waals surface area contributed by atoms with Gasteiger partial charge in [-0.2, -0.15) is 0 Å². The minimum absolute atomic E-state index is 0.0509. The van der Waals surface area contributed by atoms with E-state index in [-0.39, 0.29) is 24.8 Å². The van der Waals surface area contributed by atoms with Crippen LogP contribution in [0.25, 0.3) is 0 Å². The summed E-state index contributed by atoms with van der Waals surface area (Å²) in [6, 6.07) is 9.63. The first kappa shape index (κ1) is 21.1. The van der Waals surface area contributed by atoms with Gasteiger partial charge in [0, 0.05) is 12.6 Å². The number of ether oxygens (including phenoxy) is 2. The lowest BCUT2D eigenvalue weighted by atomic mass is 9.80. The number of rotatable bonds is 6. The number of nitrogens with two attached hydrogens (primary N) is 1. The number of amides is 1. The molecule has 1 aliphatic heterocycles. The first-order valence-corrected chi connectivity index (χ1v) is 10.9. The Morgan fingerprint density at radius 2 is 1.86 bits per heavy atom. The summed E-state index contributed by atoms with van der Waals surface area (Å²) in [6.45, 7) is 6.12. The van der Waals surface area contributed by atoms with Crippen molar-refractivity contribution >= 4 is 6.09 Å². The van der Waals surface area contributed by atoms with Gasteiger partial charge in [0.1, 0.15) is 6.61 Å². The Balaban J connectivity index is 1.50. The third-order valence-electron chi connectivity index (χ3n) is 6.44. The maximum atomic E-state index is 12.7. The second kappa shape index (κ2) is 10.3. The fourth-order valence-electron chi connectivity index (χ4n) is 4.49. The van der Waals surface area contributed by atoms with Gasteiger partial charge in [-0.3, -0.25) is 0 Å². The van der Waals surface area contributed by atoms with Gasteiger partial charge >= 0.3 is 6.09 Å².